The van der Waals surface area contributed by atoms with Crippen LogP contribution in [-0.4, -0.2) is 53.5 Å². The number of nitrogens with zero attached hydrogens (tertiary/aromatic N) is 1. The van der Waals surface area contributed by atoms with E-state index >= 15 is 0 Å². The van der Waals surface area contributed by atoms with Crippen LogP contribution in [0.2, 0.25) is 0 Å². The lowest BCUT2D eigenvalue weighted by molar-refractivity contribution is -0.00120. The van der Waals surface area contributed by atoms with Crippen LogP contribution < -0.4 is 5.32 Å². The molecule has 1 rings (SSSR count). The molecule has 2 atom stereocenters. The number of likely N-dealkylation sites (tertiary alicyclic amines) is 1. The molecule has 5 nitrogen and oxygen atoms in total. The summed E-state index contributed by atoms with van der Waals surface area (Å²) in [4.78, 5) is 14.2. The Labute approximate surface area is 148 Å². The Hall–Kier alpha value is -0.810. The third-order valence-electron chi connectivity index (χ3n) is 4.75. The number of carbonyl (C=O) groups is 1. The molecule has 1 saturated heterocycles. The number of aliphatic hydroxyl groups is 1. The first-order valence-electron chi connectivity index (χ1n) is 9.11. The summed E-state index contributed by atoms with van der Waals surface area (Å²) in [5.41, 5.74) is -0.427. The van der Waals surface area contributed by atoms with Gasteiger partial charge in [-0.15, -0.1) is 0 Å². The lowest BCUT2D eigenvalue weighted by Gasteiger charge is -2.47. The maximum atomic E-state index is 12.3. The average Bonchev–Trinajstić information content (AvgIpc) is 2.36. The van der Waals surface area contributed by atoms with Crippen LogP contribution in [0.1, 0.15) is 68.2 Å². The van der Waals surface area contributed by atoms with E-state index in [1.807, 2.05) is 25.7 Å². The van der Waals surface area contributed by atoms with Crippen molar-refractivity contribution in [2.75, 3.05) is 19.7 Å². The normalized spacial score (nSPS) is 23.0. The van der Waals surface area contributed by atoms with Gasteiger partial charge in [-0.1, -0.05) is 34.6 Å². The first kappa shape index (κ1) is 21.2. The minimum Gasteiger partial charge on any atom is -0.444 e. The molecule has 0 aromatic heterocycles. The highest BCUT2D eigenvalue weighted by Gasteiger charge is 2.40. The van der Waals surface area contributed by atoms with Gasteiger partial charge in [0.05, 0.1) is 0 Å². The number of rotatable bonds is 4. The first-order chi connectivity index (χ1) is 10.8. The average molecular weight is 343 g/mol. The predicted octanol–water partition coefficient (Wildman–Crippen LogP) is 3.41. The zero-order chi connectivity index (χ0) is 18.8. The number of carbonyl (C=O) groups excluding carboxylic acids is 1. The molecule has 1 aliphatic rings. The Bertz CT molecular complexity index is 421. The van der Waals surface area contributed by atoms with Crippen LogP contribution in [-0.2, 0) is 4.74 Å². The number of hydrogen-bond acceptors (Lipinski definition) is 4. The zero-order valence-corrected chi connectivity index (χ0v) is 16.9. The summed E-state index contributed by atoms with van der Waals surface area (Å²) in [5, 5.41) is 13.1. The SMILES string of the molecule is CC(C)(C)OC(=O)N1CCC(NC(CCO)C(C)(C)C)C(C)(C)C1. The molecular formula is C19H38N2O3. The molecule has 142 valence electrons. The molecule has 0 spiro atoms. The molecule has 1 heterocycles. The Kier molecular flexibility index (Phi) is 6.73. The summed E-state index contributed by atoms with van der Waals surface area (Å²) in [6, 6.07) is 0.562. The summed E-state index contributed by atoms with van der Waals surface area (Å²) in [6.07, 6.45) is 1.41. The first-order valence-corrected chi connectivity index (χ1v) is 9.11. The molecule has 0 bridgehead atoms. The van der Waals surface area contributed by atoms with E-state index in [4.69, 9.17) is 4.74 Å². The van der Waals surface area contributed by atoms with Crippen molar-refractivity contribution in [2.45, 2.75) is 85.9 Å². The highest BCUT2D eigenvalue weighted by atomic mass is 16.6. The highest BCUT2D eigenvalue weighted by Crippen LogP contribution is 2.33. The zero-order valence-electron chi connectivity index (χ0n) is 16.9. The summed E-state index contributed by atoms with van der Waals surface area (Å²) in [5.74, 6) is 0. The maximum absolute atomic E-state index is 12.3. The monoisotopic (exact) mass is 342 g/mol. The number of ether oxygens (including phenoxy) is 1. The van der Waals surface area contributed by atoms with Crippen LogP contribution in [0.5, 0.6) is 0 Å². The van der Waals surface area contributed by atoms with Crippen LogP contribution in [0.4, 0.5) is 4.79 Å². The van der Waals surface area contributed by atoms with Crippen LogP contribution in [0.25, 0.3) is 0 Å². The fourth-order valence-corrected chi connectivity index (χ4v) is 3.29. The van der Waals surface area contributed by atoms with Gasteiger partial charge in [0.1, 0.15) is 5.60 Å². The van der Waals surface area contributed by atoms with Gasteiger partial charge in [-0.2, -0.15) is 0 Å². The van der Waals surface area contributed by atoms with Gasteiger partial charge >= 0.3 is 6.09 Å². The quantitative estimate of drug-likeness (QED) is 0.822. The number of piperidine rings is 1. The Morgan fingerprint density at radius 2 is 1.88 bits per heavy atom. The molecule has 2 N–H and O–H groups in total. The van der Waals surface area contributed by atoms with Crippen molar-refractivity contribution < 1.29 is 14.6 Å². The number of nitrogens with one attached hydrogen (secondary N) is 1. The van der Waals surface area contributed by atoms with Crippen molar-refractivity contribution >= 4 is 6.09 Å². The minimum atomic E-state index is -0.464. The fourth-order valence-electron chi connectivity index (χ4n) is 3.29. The van der Waals surface area contributed by atoms with E-state index in [0.717, 1.165) is 12.8 Å². The molecule has 0 aliphatic carbocycles. The summed E-state index contributed by atoms with van der Waals surface area (Å²) in [6.45, 7) is 18.2. The second kappa shape index (κ2) is 7.61. The van der Waals surface area contributed by atoms with Crippen molar-refractivity contribution in [3.8, 4) is 0 Å². The molecular weight excluding hydrogens is 304 g/mol. The molecule has 0 saturated carbocycles. The van der Waals surface area contributed by atoms with Crippen LogP contribution in [0.15, 0.2) is 0 Å². The second-order valence-electron chi connectivity index (χ2n) is 9.83. The van der Waals surface area contributed by atoms with Gasteiger partial charge in [0.25, 0.3) is 0 Å². The van der Waals surface area contributed by atoms with Crippen molar-refractivity contribution in [1.82, 2.24) is 10.2 Å². The van der Waals surface area contributed by atoms with Crippen molar-refractivity contribution in [3.05, 3.63) is 0 Å². The molecule has 1 amide bonds. The van der Waals surface area contributed by atoms with Gasteiger partial charge < -0.3 is 20.1 Å². The molecule has 2 unspecified atom stereocenters. The van der Waals surface area contributed by atoms with E-state index < -0.39 is 5.60 Å². The van der Waals surface area contributed by atoms with E-state index in [1.165, 1.54) is 0 Å². The van der Waals surface area contributed by atoms with E-state index in [-0.39, 0.29) is 29.6 Å². The van der Waals surface area contributed by atoms with E-state index in [0.29, 0.717) is 19.1 Å². The van der Waals surface area contributed by atoms with Gasteiger partial charge in [-0.05, 0) is 44.4 Å². The van der Waals surface area contributed by atoms with E-state index in [1.54, 1.807) is 0 Å². The standard InChI is InChI=1S/C19H38N2O3/c1-17(2,3)14(10-12-22)20-15-9-11-21(13-19(15,7)8)16(23)24-18(4,5)6/h14-15,20,22H,9-13H2,1-8H3. The number of amides is 1. The third kappa shape index (κ3) is 6.25. The van der Waals surface area contributed by atoms with Gasteiger partial charge in [0.15, 0.2) is 0 Å². The molecule has 5 heteroatoms. The largest absolute Gasteiger partial charge is 0.444 e. The Morgan fingerprint density at radius 3 is 2.29 bits per heavy atom. The molecule has 1 aliphatic heterocycles. The van der Waals surface area contributed by atoms with Crippen LogP contribution in [0.3, 0.4) is 0 Å². The fraction of sp³-hybridized carbons (Fsp3) is 0.947. The van der Waals surface area contributed by atoms with Crippen LogP contribution in [0, 0.1) is 10.8 Å². The summed E-state index contributed by atoms with van der Waals surface area (Å²) >= 11 is 0. The smallest absolute Gasteiger partial charge is 0.410 e. The second-order valence-corrected chi connectivity index (χ2v) is 9.83. The van der Waals surface area contributed by atoms with Crippen LogP contribution >= 0.6 is 0 Å². The van der Waals surface area contributed by atoms with Crippen molar-refractivity contribution in [3.63, 3.8) is 0 Å². The van der Waals surface area contributed by atoms with E-state index in [9.17, 15) is 9.90 Å². The Morgan fingerprint density at radius 1 is 1.29 bits per heavy atom. The van der Waals surface area contributed by atoms with Gasteiger partial charge in [0.2, 0.25) is 0 Å². The minimum absolute atomic E-state index is 0.0475. The van der Waals surface area contributed by atoms with Crippen molar-refractivity contribution in [1.29, 1.82) is 0 Å². The predicted molar refractivity (Wildman–Crippen MR) is 98.1 cm³/mol. The molecule has 0 aromatic carbocycles. The van der Waals surface area contributed by atoms with Gasteiger partial charge in [0, 0.05) is 31.8 Å². The maximum Gasteiger partial charge on any atom is 0.410 e. The van der Waals surface area contributed by atoms with Crippen molar-refractivity contribution in [2.24, 2.45) is 10.8 Å². The lowest BCUT2D eigenvalue weighted by Crippen LogP contribution is -2.59. The molecule has 0 aromatic rings. The van der Waals surface area contributed by atoms with E-state index in [2.05, 4.69) is 39.9 Å². The third-order valence-corrected chi connectivity index (χ3v) is 4.75. The molecule has 1 fully saturated rings. The molecule has 0 radical (unpaired) electrons. The Balaban J connectivity index is 2.74. The molecule has 24 heavy (non-hydrogen) atoms. The summed E-state index contributed by atoms with van der Waals surface area (Å²) < 4.78 is 5.51. The number of hydrogen-bond donors (Lipinski definition) is 2. The van der Waals surface area contributed by atoms with Gasteiger partial charge in [-0.3, -0.25) is 0 Å². The lowest BCUT2D eigenvalue weighted by atomic mass is 9.76. The summed E-state index contributed by atoms with van der Waals surface area (Å²) in [7, 11) is 0. The highest BCUT2D eigenvalue weighted by molar-refractivity contribution is 5.68. The number of aliphatic hydroxyl groups excluding tert-OH is 1. The van der Waals surface area contributed by atoms with Gasteiger partial charge in [-0.25, -0.2) is 4.79 Å². The topological polar surface area (TPSA) is 61.8 Å².